The highest BCUT2D eigenvalue weighted by molar-refractivity contribution is 5.66. The number of benzene rings is 1. The molecule has 0 saturated heterocycles. The molecule has 0 fully saturated rings. The minimum atomic E-state index is -0.653. The summed E-state index contributed by atoms with van der Waals surface area (Å²) in [6.07, 6.45) is 19.8. The summed E-state index contributed by atoms with van der Waals surface area (Å²) >= 11 is 0. The van der Waals surface area contributed by atoms with Crippen LogP contribution < -0.4 is 5.32 Å². The number of carboxylic acids is 1. The highest BCUT2D eigenvalue weighted by Gasteiger charge is 2.12. The molecule has 2 atom stereocenters. The first-order valence-corrected chi connectivity index (χ1v) is 13.1. The third-order valence-electron chi connectivity index (χ3n) is 6.06. The lowest BCUT2D eigenvalue weighted by atomic mass is 10.0. The van der Waals surface area contributed by atoms with Gasteiger partial charge in [-0.05, 0) is 26.0 Å². The molecule has 4 heteroatoms. The molecule has 0 spiro atoms. The Bertz CT molecular complexity index is 521. The van der Waals surface area contributed by atoms with Gasteiger partial charge in [-0.1, -0.05) is 127 Å². The molecule has 0 amide bonds. The van der Waals surface area contributed by atoms with Gasteiger partial charge in [-0.15, -0.1) is 0 Å². The van der Waals surface area contributed by atoms with E-state index in [9.17, 15) is 9.90 Å². The predicted molar refractivity (Wildman–Crippen MR) is 137 cm³/mol. The zero-order valence-electron chi connectivity index (χ0n) is 21.2. The Morgan fingerprint density at radius 3 is 1.56 bits per heavy atom. The Morgan fingerprint density at radius 1 is 0.781 bits per heavy atom. The standard InChI is InChI=1S/C18H36O2.C10H15NO/c1-2-3-4-5-6-7-8-9-10-11-12-13-14-15-16-17-18(19)20;1-8(11-2)10(12)9-6-4-3-5-7-9/h2-17H2,1H3,(H,19,20);3-8,10-12H,1-2H3/t;8-,10-/m.0/s1. The van der Waals surface area contributed by atoms with Gasteiger partial charge in [0.25, 0.3) is 0 Å². The molecule has 1 aromatic carbocycles. The first-order valence-electron chi connectivity index (χ1n) is 13.1. The van der Waals surface area contributed by atoms with Crippen LogP contribution in [0.5, 0.6) is 0 Å². The summed E-state index contributed by atoms with van der Waals surface area (Å²) in [4.78, 5) is 10.3. The average Bonchev–Trinajstić information content (AvgIpc) is 2.81. The van der Waals surface area contributed by atoms with E-state index in [1.54, 1.807) is 0 Å². The number of carboxylic acid groups (broad SMARTS) is 1. The number of hydrogen-bond acceptors (Lipinski definition) is 3. The van der Waals surface area contributed by atoms with Crippen LogP contribution in [0.3, 0.4) is 0 Å². The summed E-state index contributed by atoms with van der Waals surface area (Å²) in [7, 11) is 1.84. The van der Waals surface area contributed by atoms with Crippen molar-refractivity contribution in [3.63, 3.8) is 0 Å². The van der Waals surface area contributed by atoms with Crippen LogP contribution in [0.1, 0.15) is 128 Å². The molecule has 0 heterocycles. The number of carbonyl (C=O) groups is 1. The van der Waals surface area contributed by atoms with Gasteiger partial charge in [-0.3, -0.25) is 4.79 Å². The zero-order chi connectivity index (χ0) is 23.9. The molecular weight excluding hydrogens is 398 g/mol. The highest BCUT2D eigenvalue weighted by Crippen LogP contribution is 2.15. The Kier molecular flexibility index (Phi) is 21.8. The van der Waals surface area contributed by atoms with Crippen LogP contribution >= 0.6 is 0 Å². The molecule has 0 aliphatic heterocycles. The molecule has 1 aromatic rings. The van der Waals surface area contributed by atoms with Gasteiger partial charge in [-0.25, -0.2) is 0 Å². The van der Waals surface area contributed by atoms with Crippen molar-refractivity contribution in [2.75, 3.05) is 7.05 Å². The Balaban J connectivity index is 0.000000677. The van der Waals surface area contributed by atoms with Gasteiger partial charge >= 0.3 is 5.97 Å². The molecule has 32 heavy (non-hydrogen) atoms. The van der Waals surface area contributed by atoms with Crippen molar-refractivity contribution in [3.8, 4) is 0 Å². The molecule has 0 radical (unpaired) electrons. The third kappa shape index (κ3) is 19.3. The maximum absolute atomic E-state index is 10.3. The van der Waals surface area contributed by atoms with E-state index in [1.807, 2.05) is 44.3 Å². The van der Waals surface area contributed by atoms with Gasteiger partial charge in [0.15, 0.2) is 0 Å². The normalized spacial score (nSPS) is 12.6. The summed E-state index contributed by atoms with van der Waals surface area (Å²) in [5, 5.41) is 21.3. The van der Waals surface area contributed by atoms with Gasteiger partial charge in [0, 0.05) is 12.5 Å². The fourth-order valence-electron chi connectivity index (χ4n) is 3.74. The molecule has 4 nitrogen and oxygen atoms in total. The number of unbranched alkanes of at least 4 members (excludes halogenated alkanes) is 14. The summed E-state index contributed by atoms with van der Waals surface area (Å²) in [5.41, 5.74) is 0.958. The number of likely N-dealkylation sites (N-methyl/N-ethyl adjacent to an activating group) is 1. The van der Waals surface area contributed by atoms with Crippen LogP contribution in [-0.4, -0.2) is 29.3 Å². The summed E-state index contributed by atoms with van der Waals surface area (Å²) < 4.78 is 0. The molecule has 0 aromatic heterocycles. The predicted octanol–water partition coefficient (Wildman–Crippen LogP) is 7.66. The van der Waals surface area contributed by atoms with Crippen LogP contribution in [0.15, 0.2) is 30.3 Å². The van der Waals surface area contributed by atoms with Crippen molar-refractivity contribution in [2.24, 2.45) is 0 Å². The minimum Gasteiger partial charge on any atom is -0.481 e. The van der Waals surface area contributed by atoms with Crippen LogP contribution in [0.2, 0.25) is 0 Å². The molecule has 0 aliphatic carbocycles. The first-order chi connectivity index (χ1) is 15.5. The lowest BCUT2D eigenvalue weighted by Crippen LogP contribution is -2.28. The monoisotopic (exact) mass is 449 g/mol. The fraction of sp³-hybridized carbons (Fsp3) is 0.750. The van der Waals surface area contributed by atoms with Gasteiger partial charge in [-0.2, -0.15) is 0 Å². The number of aliphatic hydroxyl groups excluding tert-OH is 1. The van der Waals surface area contributed by atoms with Crippen LogP contribution in [0, 0.1) is 0 Å². The van der Waals surface area contributed by atoms with Crippen molar-refractivity contribution in [1.29, 1.82) is 0 Å². The van der Waals surface area contributed by atoms with Gasteiger partial charge in [0.05, 0.1) is 6.10 Å². The van der Waals surface area contributed by atoms with E-state index in [4.69, 9.17) is 5.11 Å². The molecule has 0 aliphatic rings. The number of nitrogens with one attached hydrogen (secondary N) is 1. The molecule has 186 valence electrons. The quantitative estimate of drug-likeness (QED) is 0.190. The second-order valence-corrected chi connectivity index (χ2v) is 9.03. The first kappa shape index (κ1) is 30.6. The van der Waals surface area contributed by atoms with E-state index in [-0.39, 0.29) is 6.04 Å². The van der Waals surface area contributed by atoms with Crippen LogP contribution in [-0.2, 0) is 4.79 Å². The maximum Gasteiger partial charge on any atom is 0.303 e. The molecule has 0 unspecified atom stereocenters. The molecule has 0 saturated carbocycles. The van der Waals surface area contributed by atoms with Gasteiger partial charge < -0.3 is 15.5 Å². The van der Waals surface area contributed by atoms with Crippen molar-refractivity contribution >= 4 is 5.97 Å². The third-order valence-corrected chi connectivity index (χ3v) is 6.06. The van der Waals surface area contributed by atoms with Crippen molar-refractivity contribution in [3.05, 3.63) is 35.9 Å². The lowest BCUT2D eigenvalue weighted by Gasteiger charge is -2.17. The Labute approximate surface area is 198 Å². The minimum absolute atomic E-state index is 0.0902. The van der Waals surface area contributed by atoms with E-state index in [1.165, 1.54) is 83.5 Å². The van der Waals surface area contributed by atoms with Crippen molar-refractivity contribution in [1.82, 2.24) is 5.32 Å². The van der Waals surface area contributed by atoms with E-state index >= 15 is 0 Å². The lowest BCUT2D eigenvalue weighted by molar-refractivity contribution is -0.137. The topological polar surface area (TPSA) is 69.6 Å². The Hall–Kier alpha value is -1.39. The number of aliphatic hydroxyl groups is 1. The van der Waals surface area contributed by atoms with Crippen molar-refractivity contribution in [2.45, 2.75) is 129 Å². The number of hydrogen-bond donors (Lipinski definition) is 3. The fourth-order valence-corrected chi connectivity index (χ4v) is 3.74. The second kappa shape index (κ2) is 22.8. The van der Waals surface area contributed by atoms with E-state index in [0.29, 0.717) is 6.42 Å². The summed E-state index contributed by atoms with van der Waals surface area (Å²) in [6, 6.07) is 9.76. The number of rotatable bonds is 19. The second-order valence-electron chi connectivity index (χ2n) is 9.03. The Morgan fingerprint density at radius 2 is 1.19 bits per heavy atom. The highest BCUT2D eigenvalue weighted by atomic mass is 16.4. The van der Waals surface area contributed by atoms with Gasteiger partial charge in [0.2, 0.25) is 0 Å². The average molecular weight is 450 g/mol. The van der Waals surface area contributed by atoms with E-state index < -0.39 is 12.1 Å². The molecule has 3 N–H and O–H groups in total. The van der Waals surface area contributed by atoms with Crippen LogP contribution in [0.25, 0.3) is 0 Å². The van der Waals surface area contributed by atoms with Crippen molar-refractivity contribution < 1.29 is 15.0 Å². The SMILES string of the molecule is CCCCCCCCCCCCCCCCCC(=O)O.CN[C@@H](C)[C@H](O)c1ccccc1. The molecular formula is C28H51NO3. The van der Waals surface area contributed by atoms with E-state index in [2.05, 4.69) is 12.2 Å². The molecule has 0 bridgehead atoms. The zero-order valence-corrected chi connectivity index (χ0v) is 21.2. The molecule has 1 rings (SSSR count). The smallest absolute Gasteiger partial charge is 0.303 e. The maximum atomic E-state index is 10.3. The largest absolute Gasteiger partial charge is 0.481 e. The summed E-state index contributed by atoms with van der Waals surface area (Å²) in [6.45, 7) is 4.23. The van der Waals surface area contributed by atoms with Crippen LogP contribution in [0.4, 0.5) is 0 Å². The van der Waals surface area contributed by atoms with Gasteiger partial charge in [0.1, 0.15) is 0 Å². The summed E-state index contributed by atoms with van der Waals surface area (Å²) in [5.74, 6) is -0.653. The van der Waals surface area contributed by atoms with E-state index in [0.717, 1.165) is 18.4 Å². The number of aliphatic carboxylic acids is 1.